The first kappa shape index (κ1) is 22.2. The van der Waals surface area contributed by atoms with Crippen LogP contribution in [0.25, 0.3) is 0 Å². The maximum atomic E-state index is 13.7. The van der Waals surface area contributed by atoms with Gasteiger partial charge >= 0.3 is 5.97 Å². The summed E-state index contributed by atoms with van der Waals surface area (Å²) in [6, 6.07) is 19.6. The quantitative estimate of drug-likeness (QED) is 0.483. The van der Waals surface area contributed by atoms with Crippen LogP contribution in [-0.4, -0.2) is 29.6 Å². The van der Waals surface area contributed by atoms with Gasteiger partial charge in [-0.3, -0.25) is 9.69 Å². The summed E-state index contributed by atoms with van der Waals surface area (Å²) >= 11 is 0. The number of carbonyl (C=O) groups is 1. The zero-order chi connectivity index (χ0) is 22.9. The monoisotopic (exact) mass is 433 g/mol. The van der Waals surface area contributed by atoms with Gasteiger partial charge < -0.3 is 13.9 Å². The number of hydrogen-bond donors (Lipinski definition) is 0. The number of ether oxygens (including phenoxy) is 2. The summed E-state index contributed by atoms with van der Waals surface area (Å²) in [6.07, 6.45) is 1.71. The Kier molecular flexibility index (Phi) is 6.11. The lowest BCUT2D eigenvalue weighted by Crippen LogP contribution is -2.51. The van der Waals surface area contributed by atoms with Gasteiger partial charge in [-0.2, -0.15) is 0 Å². The lowest BCUT2D eigenvalue weighted by molar-refractivity contribution is -0.164. The van der Waals surface area contributed by atoms with Gasteiger partial charge in [-0.1, -0.05) is 42.5 Å². The zero-order valence-corrected chi connectivity index (χ0v) is 19.4. The van der Waals surface area contributed by atoms with Crippen LogP contribution in [0.2, 0.25) is 0 Å². The molecule has 0 spiro atoms. The van der Waals surface area contributed by atoms with Gasteiger partial charge in [-0.25, -0.2) is 0 Å². The standard InChI is InChI=1S/C27H31NO4/c1-18(19-10-7-6-8-11-19)28-17-21-14-15-31-25(21)23(20-12-9-13-22(16-20)30-5)24(28)26(29)32-27(2,3)4/h6-16,18,23-24H,17H2,1-5H3/t18-,23-,24+/m1/s1. The molecule has 0 bridgehead atoms. The Morgan fingerprint density at radius 3 is 2.53 bits per heavy atom. The molecule has 1 aromatic heterocycles. The Labute approximate surface area is 189 Å². The molecule has 0 aliphatic carbocycles. The molecule has 0 saturated carbocycles. The number of nitrogens with zero attached hydrogens (tertiary/aromatic N) is 1. The predicted octanol–water partition coefficient (Wildman–Crippen LogP) is 5.71. The minimum absolute atomic E-state index is 0.00451. The molecule has 0 fully saturated rings. The second-order valence-corrected chi connectivity index (χ2v) is 9.30. The molecule has 2 aromatic carbocycles. The van der Waals surface area contributed by atoms with Crippen LogP contribution in [0.4, 0.5) is 0 Å². The molecule has 5 nitrogen and oxygen atoms in total. The van der Waals surface area contributed by atoms with Crippen molar-refractivity contribution < 1.29 is 18.7 Å². The average molecular weight is 434 g/mol. The van der Waals surface area contributed by atoms with E-state index in [1.807, 2.05) is 69.3 Å². The summed E-state index contributed by atoms with van der Waals surface area (Å²) in [5, 5.41) is 0. The van der Waals surface area contributed by atoms with Crippen molar-refractivity contribution >= 4 is 5.97 Å². The van der Waals surface area contributed by atoms with Crippen molar-refractivity contribution in [3.05, 3.63) is 89.4 Å². The third-order valence-corrected chi connectivity index (χ3v) is 5.97. The average Bonchev–Trinajstić information content (AvgIpc) is 3.25. The van der Waals surface area contributed by atoms with Gasteiger partial charge in [0, 0.05) is 18.2 Å². The van der Waals surface area contributed by atoms with Crippen LogP contribution >= 0.6 is 0 Å². The first-order valence-electron chi connectivity index (χ1n) is 11.0. The highest BCUT2D eigenvalue weighted by atomic mass is 16.6. The Hall–Kier alpha value is -3.05. The maximum Gasteiger partial charge on any atom is 0.325 e. The van der Waals surface area contributed by atoms with Crippen LogP contribution in [0.15, 0.2) is 71.3 Å². The Bertz CT molecular complexity index is 1070. The molecular weight excluding hydrogens is 402 g/mol. The van der Waals surface area contributed by atoms with Crippen molar-refractivity contribution in [3.63, 3.8) is 0 Å². The molecule has 5 heteroatoms. The van der Waals surface area contributed by atoms with Crippen molar-refractivity contribution in [1.29, 1.82) is 0 Å². The minimum atomic E-state index is -0.596. The minimum Gasteiger partial charge on any atom is -0.497 e. The lowest BCUT2D eigenvalue weighted by atomic mass is 9.82. The molecular formula is C27H31NO4. The van der Waals surface area contributed by atoms with Gasteiger partial charge in [-0.05, 0) is 57.0 Å². The largest absolute Gasteiger partial charge is 0.497 e. The fourth-order valence-electron chi connectivity index (χ4n) is 4.48. The first-order valence-corrected chi connectivity index (χ1v) is 11.0. The topological polar surface area (TPSA) is 51.9 Å². The summed E-state index contributed by atoms with van der Waals surface area (Å²) in [5.74, 6) is 0.984. The van der Waals surface area contributed by atoms with E-state index in [1.165, 1.54) is 0 Å². The molecule has 0 amide bonds. The van der Waals surface area contributed by atoms with E-state index in [4.69, 9.17) is 13.9 Å². The zero-order valence-electron chi connectivity index (χ0n) is 19.4. The molecule has 3 atom stereocenters. The van der Waals surface area contributed by atoms with E-state index in [0.717, 1.165) is 28.2 Å². The number of esters is 1. The molecule has 168 valence electrons. The number of carbonyl (C=O) groups excluding carboxylic acids is 1. The van der Waals surface area contributed by atoms with Gasteiger partial charge in [0.25, 0.3) is 0 Å². The number of fused-ring (bicyclic) bond motifs is 1. The summed E-state index contributed by atoms with van der Waals surface area (Å²) in [6.45, 7) is 8.44. The number of hydrogen-bond acceptors (Lipinski definition) is 5. The predicted molar refractivity (Wildman–Crippen MR) is 124 cm³/mol. The molecule has 3 aromatic rings. The Morgan fingerprint density at radius 2 is 1.84 bits per heavy atom. The summed E-state index contributed by atoms with van der Waals surface area (Å²) < 4.78 is 17.4. The smallest absolute Gasteiger partial charge is 0.325 e. The van der Waals surface area contributed by atoms with E-state index >= 15 is 0 Å². The number of benzene rings is 2. The second-order valence-electron chi connectivity index (χ2n) is 9.30. The number of rotatable bonds is 5. The van der Waals surface area contributed by atoms with Crippen LogP contribution in [0.3, 0.4) is 0 Å². The van der Waals surface area contributed by atoms with Gasteiger partial charge in [0.05, 0.1) is 19.3 Å². The first-order chi connectivity index (χ1) is 15.3. The van der Waals surface area contributed by atoms with Crippen LogP contribution in [0, 0.1) is 0 Å². The van der Waals surface area contributed by atoms with Gasteiger partial charge in [0.1, 0.15) is 23.2 Å². The van der Waals surface area contributed by atoms with Crippen LogP contribution in [0.1, 0.15) is 62.1 Å². The van der Waals surface area contributed by atoms with Crippen molar-refractivity contribution in [2.45, 2.75) is 57.8 Å². The highest BCUT2D eigenvalue weighted by molar-refractivity contribution is 5.79. The van der Waals surface area contributed by atoms with Gasteiger partial charge in [0.15, 0.2) is 0 Å². The van der Waals surface area contributed by atoms with Crippen LogP contribution < -0.4 is 4.74 Å². The molecule has 1 aliphatic rings. The molecule has 0 N–H and O–H groups in total. The van der Waals surface area contributed by atoms with E-state index in [-0.39, 0.29) is 17.9 Å². The highest BCUT2D eigenvalue weighted by Crippen LogP contribution is 2.43. The van der Waals surface area contributed by atoms with Crippen LogP contribution in [0.5, 0.6) is 5.75 Å². The van der Waals surface area contributed by atoms with Crippen molar-refractivity contribution in [2.24, 2.45) is 0 Å². The van der Waals surface area contributed by atoms with Gasteiger partial charge in [0.2, 0.25) is 0 Å². The van der Waals surface area contributed by atoms with E-state index in [0.29, 0.717) is 6.54 Å². The van der Waals surface area contributed by atoms with Crippen molar-refractivity contribution in [3.8, 4) is 5.75 Å². The molecule has 4 rings (SSSR count). The van der Waals surface area contributed by atoms with Crippen LogP contribution in [-0.2, 0) is 16.1 Å². The maximum absolute atomic E-state index is 13.7. The summed E-state index contributed by atoms with van der Waals surface area (Å²) in [7, 11) is 1.65. The van der Waals surface area contributed by atoms with E-state index in [9.17, 15) is 4.79 Å². The SMILES string of the molecule is COc1cccc([C@H]2c3occc3CN([C@H](C)c3ccccc3)[C@@H]2C(=O)OC(C)(C)C)c1. The molecule has 0 radical (unpaired) electrons. The summed E-state index contributed by atoms with van der Waals surface area (Å²) in [4.78, 5) is 15.9. The third-order valence-electron chi connectivity index (χ3n) is 5.97. The second kappa shape index (κ2) is 8.83. The molecule has 2 heterocycles. The normalized spacial score (nSPS) is 19.8. The highest BCUT2D eigenvalue weighted by Gasteiger charge is 2.46. The van der Waals surface area contributed by atoms with E-state index in [1.54, 1.807) is 13.4 Å². The van der Waals surface area contributed by atoms with Crippen molar-refractivity contribution in [1.82, 2.24) is 4.90 Å². The summed E-state index contributed by atoms with van der Waals surface area (Å²) in [5.41, 5.74) is 2.60. The Balaban J connectivity index is 1.85. The fraction of sp³-hybridized carbons (Fsp3) is 0.370. The molecule has 32 heavy (non-hydrogen) atoms. The lowest BCUT2D eigenvalue weighted by Gasteiger charge is -2.43. The number of furan rings is 1. The third kappa shape index (κ3) is 4.44. The number of methoxy groups -OCH3 is 1. The van der Waals surface area contributed by atoms with E-state index in [2.05, 4.69) is 24.0 Å². The fourth-order valence-corrected chi connectivity index (χ4v) is 4.48. The van der Waals surface area contributed by atoms with E-state index < -0.39 is 11.6 Å². The Morgan fingerprint density at radius 1 is 1.09 bits per heavy atom. The molecule has 0 unspecified atom stereocenters. The molecule has 0 saturated heterocycles. The van der Waals surface area contributed by atoms with Gasteiger partial charge in [-0.15, -0.1) is 0 Å². The molecule has 1 aliphatic heterocycles. The van der Waals surface area contributed by atoms with Crippen molar-refractivity contribution in [2.75, 3.05) is 7.11 Å².